The molecular formula is C11H13Cl2N3O2S. The third-order valence-corrected chi connectivity index (χ3v) is 5.31. The van der Waals surface area contributed by atoms with Crippen molar-refractivity contribution in [3.05, 3.63) is 22.2 Å². The van der Waals surface area contributed by atoms with Crippen LogP contribution in [-0.4, -0.2) is 25.8 Å². The van der Waals surface area contributed by atoms with Crippen LogP contribution >= 0.6 is 23.2 Å². The molecule has 1 rings (SSSR count). The van der Waals surface area contributed by atoms with E-state index in [1.165, 1.54) is 19.2 Å². The first-order valence-electron chi connectivity index (χ1n) is 5.31. The Morgan fingerprint density at radius 1 is 1.42 bits per heavy atom. The molecule has 0 aliphatic carbocycles. The molecule has 5 nitrogen and oxygen atoms in total. The molecule has 0 unspecified atom stereocenters. The fourth-order valence-electron chi connectivity index (χ4n) is 1.37. The summed E-state index contributed by atoms with van der Waals surface area (Å²) in [6, 6.07) is 3.96. The zero-order valence-electron chi connectivity index (χ0n) is 10.4. The quantitative estimate of drug-likeness (QED) is 0.863. The number of benzene rings is 1. The van der Waals surface area contributed by atoms with Gasteiger partial charge in [-0.3, -0.25) is 0 Å². The molecule has 2 N–H and O–H groups in total. The average molecular weight is 322 g/mol. The minimum atomic E-state index is -3.76. The van der Waals surface area contributed by atoms with Gasteiger partial charge in [0.1, 0.15) is 0 Å². The van der Waals surface area contributed by atoms with E-state index in [1.54, 1.807) is 6.92 Å². The minimum absolute atomic E-state index is 0.0519. The molecule has 8 heteroatoms. The molecular weight excluding hydrogens is 309 g/mol. The van der Waals surface area contributed by atoms with E-state index < -0.39 is 16.1 Å². The van der Waals surface area contributed by atoms with Crippen molar-refractivity contribution in [1.82, 2.24) is 4.31 Å². The van der Waals surface area contributed by atoms with E-state index in [0.717, 1.165) is 4.31 Å². The Labute approximate surface area is 122 Å². The maximum atomic E-state index is 12.3. The van der Waals surface area contributed by atoms with Crippen molar-refractivity contribution in [2.24, 2.45) is 0 Å². The van der Waals surface area contributed by atoms with Crippen LogP contribution in [-0.2, 0) is 10.0 Å². The Morgan fingerprint density at radius 3 is 2.32 bits per heavy atom. The Balaban J connectivity index is 3.25. The third kappa shape index (κ3) is 3.31. The van der Waals surface area contributed by atoms with Gasteiger partial charge < -0.3 is 5.73 Å². The molecule has 0 fully saturated rings. The van der Waals surface area contributed by atoms with Crippen molar-refractivity contribution >= 4 is 38.9 Å². The molecule has 0 saturated carbocycles. The second-order valence-electron chi connectivity index (χ2n) is 4.03. The van der Waals surface area contributed by atoms with E-state index in [4.69, 9.17) is 34.2 Å². The first-order chi connectivity index (χ1) is 8.71. The van der Waals surface area contributed by atoms with E-state index in [1.807, 2.05) is 6.07 Å². The number of nitriles is 1. The lowest BCUT2D eigenvalue weighted by Gasteiger charge is -2.22. The highest BCUT2D eigenvalue weighted by molar-refractivity contribution is 7.89. The summed E-state index contributed by atoms with van der Waals surface area (Å²) in [5, 5.41) is 8.77. The molecule has 0 bridgehead atoms. The topological polar surface area (TPSA) is 87.2 Å². The number of nitrogen functional groups attached to an aromatic ring is 1. The molecule has 0 radical (unpaired) electrons. The van der Waals surface area contributed by atoms with E-state index in [0.29, 0.717) is 0 Å². The van der Waals surface area contributed by atoms with Gasteiger partial charge in [-0.2, -0.15) is 9.57 Å². The van der Waals surface area contributed by atoms with Gasteiger partial charge in [-0.1, -0.05) is 23.2 Å². The first-order valence-corrected chi connectivity index (χ1v) is 7.51. The predicted molar refractivity (Wildman–Crippen MR) is 75.5 cm³/mol. The second kappa shape index (κ2) is 5.97. The smallest absolute Gasteiger partial charge is 0.243 e. The van der Waals surface area contributed by atoms with Gasteiger partial charge in [-0.15, -0.1) is 0 Å². The van der Waals surface area contributed by atoms with Crippen LogP contribution in [0.2, 0.25) is 10.0 Å². The number of nitrogens with two attached hydrogens (primary N) is 1. The summed E-state index contributed by atoms with van der Waals surface area (Å²) in [4.78, 5) is -0.0519. The maximum Gasteiger partial charge on any atom is 0.243 e. The molecule has 0 aromatic heterocycles. The molecule has 0 heterocycles. The van der Waals surface area contributed by atoms with Crippen molar-refractivity contribution in [3.63, 3.8) is 0 Å². The fourth-order valence-corrected chi connectivity index (χ4v) is 3.40. The van der Waals surface area contributed by atoms with Gasteiger partial charge in [0.05, 0.1) is 33.1 Å². The van der Waals surface area contributed by atoms with Crippen LogP contribution in [0.25, 0.3) is 0 Å². The molecule has 1 aromatic rings. The molecule has 1 aromatic carbocycles. The van der Waals surface area contributed by atoms with Crippen molar-refractivity contribution in [2.45, 2.75) is 24.3 Å². The second-order valence-corrected chi connectivity index (χ2v) is 6.85. The van der Waals surface area contributed by atoms with E-state index in [2.05, 4.69) is 0 Å². The zero-order valence-corrected chi connectivity index (χ0v) is 12.7. The number of hydrogen-bond acceptors (Lipinski definition) is 4. The van der Waals surface area contributed by atoms with Crippen molar-refractivity contribution in [1.29, 1.82) is 5.26 Å². The third-order valence-electron chi connectivity index (χ3n) is 2.74. The normalized spacial score (nSPS) is 13.3. The molecule has 104 valence electrons. The van der Waals surface area contributed by atoms with Gasteiger partial charge >= 0.3 is 0 Å². The fraction of sp³-hybridized carbons (Fsp3) is 0.364. The standard InChI is InChI=1S/C11H13Cl2N3O2S/c1-7(3-4-14)16(2)19(17,18)8-5-9(12)11(15)10(13)6-8/h5-7H,3,15H2,1-2H3/t7-/m0/s1. The lowest BCUT2D eigenvalue weighted by Crippen LogP contribution is -2.34. The number of rotatable bonds is 4. The molecule has 0 aliphatic rings. The highest BCUT2D eigenvalue weighted by Crippen LogP contribution is 2.32. The molecule has 0 aliphatic heterocycles. The summed E-state index contributed by atoms with van der Waals surface area (Å²) in [5.41, 5.74) is 5.70. The summed E-state index contributed by atoms with van der Waals surface area (Å²) < 4.78 is 25.8. The zero-order chi connectivity index (χ0) is 14.8. The van der Waals surface area contributed by atoms with Crippen molar-refractivity contribution in [3.8, 4) is 6.07 Å². The number of halogens is 2. The predicted octanol–water partition coefficient (Wildman–Crippen LogP) is 2.50. The van der Waals surface area contributed by atoms with Gasteiger partial charge in [-0.05, 0) is 19.1 Å². The summed E-state index contributed by atoms with van der Waals surface area (Å²) in [5.74, 6) is 0. The van der Waals surface area contributed by atoms with E-state index >= 15 is 0 Å². The summed E-state index contributed by atoms with van der Waals surface area (Å²) in [7, 11) is -2.37. The minimum Gasteiger partial charge on any atom is -0.396 e. The van der Waals surface area contributed by atoms with Crippen molar-refractivity contribution in [2.75, 3.05) is 12.8 Å². The van der Waals surface area contributed by atoms with Gasteiger partial charge in [0.25, 0.3) is 0 Å². The monoisotopic (exact) mass is 321 g/mol. The average Bonchev–Trinajstić information content (AvgIpc) is 2.34. The van der Waals surface area contributed by atoms with Crippen LogP contribution in [0.5, 0.6) is 0 Å². The molecule has 1 atom stereocenters. The Bertz CT molecular complexity index is 602. The van der Waals surface area contributed by atoms with E-state index in [9.17, 15) is 8.42 Å². The lowest BCUT2D eigenvalue weighted by atomic mass is 10.3. The first kappa shape index (κ1) is 16.1. The van der Waals surface area contributed by atoms with Crippen LogP contribution < -0.4 is 5.73 Å². The van der Waals surface area contributed by atoms with Crippen LogP contribution in [0.15, 0.2) is 17.0 Å². The Hall–Kier alpha value is -1.00. The Morgan fingerprint density at radius 2 is 1.89 bits per heavy atom. The highest BCUT2D eigenvalue weighted by Gasteiger charge is 2.26. The summed E-state index contributed by atoms with van der Waals surface area (Å²) >= 11 is 11.7. The lowest BCUT2D eigenvalue weighted by molar-refractivity contribution is 0.393. The SMILES string of the molecule is C[C@@H](CC#N)N(C)S(=O)(=O)c1cc(Cl)c(N)c(Cl)c1. The molecule has 0 spiro atoms. The molecule has 0 saturated heterocycles. The van der Waals surface area contributed by atoms with Gasteiger partial charge in [0, 0.05) is 13.1 Å². The van der Waals surface area contributed by atoms with Crippen LogP contribution in [0, 0.1) is 11.3 Å². The van der Waals surface area contributed by atoms with Crippen LogP contribution in [0.3, 0.4) is 0 Å². The van der Waals surface area contributed by atoms with Gasteiger partial charge in [0.15, 0.2) is 0 Å². The number of nitrogens with zero attached hydrogens (tertiary/aromatic N) is 2. The summed E-state index contributed by atoms with van der Waals surface area (Å²) in [6.45, 7) is 1.64. The van der Waals surface area contributed by atoms with E-state index in [-0.39, 0.29) is 27.0 Å². The highest BCUT2D eigenvalue weighted by atomic mass is 35.5. The van der Waals surface area contributed by atoms with Gasteiger partial charge in [-0.25, -0.2) is 8.42 Å². The number of hydrogen-bond donors (Lipinski definition) is 1. The van der Waals surface area contributed by atoms with Crippen LogP contribution in [0.1, 0.15) is 13.3 Å². The largest absolute Gasteiger partial charge is 0.396 e. The number of anilines is 1. The van der Waals surface area contributed by atoms with Crippen LogP contribution in [0.4, 0.5) is 5.69 Å². The Kier molecular flexibility index (Phi) is 5.04. The maximum absolute atomic E-state index is 12.3. The molecule has 19 heavy (non-hydrogen) atoms. The number of sulfonamides is 1. The summed E-state index contributed by atoms with van der Waals surface area (Å²) in [6.07, 6.45) is 0.0895. The van der Waals surface area contributed by atoms with Crippen molar-refractivity contribution < 1.29 is 8.42 Å². The molecule has 0 amide bonds. The van der Waals surface area contributed by atoms with Gasteiger partial charge in [0.2, 0.25) is 10.0 Å².